The minimum Gasteiger partial charge on any atom is -0.457 e. The summed E-state index contributed by atoms with van der Waals surface area (Å²) in [5, 5.41) is 14.0. The fourth-order valence-corrected chi connectivity index (χ4v) is 3.09. The zero-order chi connectivity index (χ0) is 16.8. The second kappa shape index (κ2) is 8.29. The summed E-state index contributed by atoms with van der Waals surface area (Å²) in [6.45, 7) is 7.22. The van der Waals surface area contributed by atoms with Crippen LogP contribution in [0.15, 0.2) is 54.6 Å². The molecule has 1 aliphatic rings. The van der Waals surface area contributed by atoms with Gasteiger partial charge in [0.1, 0.15) is 11.5 Å². The highest BCUT2D eigenvalue weighted by molar-refractivity contribution is 5.33. The summed E-state index contributed by atoms with van der Waals surface area (Å²) in [7, 11) is 0. The van der Waals surface area contributed by atoms with Gasteiger partial charge in [-0.15, -0.1) is 0 Å². The number of nitrogens with zero attached hydrogens (tertiary/aromatic N) is 1. The number of piperazine rings is 1. The molecular weight excluding hydrogens is 300 g/mol. The molecule has 24 heavy (non-hydrogen) atoms. The molecule has 1 fully saturated rings. The van der Waals surface area contributed by atoms with E-state index in [-0.39, 0.29) is 5.92 Å². The summed E-state index contributed by atoms with van der Waals surface area (Å²) in [5.41, 5.74) is 0.943. The number of rotatable bonds is 6. The van der Waals surface area contributed by atoms with Crippen LogP contribution >= 0.6 is 0 Å². The fraction of sp³-hybridized carbons (Fsp3) is 0.400. The van der Waals surface area contributed by atoms with Gasteiger partial charge in [-0.3, -0.25) is 0 Å². The Morgan fingerprint density at radius 3 is 2.29 bits per heavy atom. The molecule has 0 aromatic heterocycles. The van der Waals surface area contributed by atoms with Crippen molar-refractivity contribution in [3.05, 3.63) is 60.2 Å². The zero-order valence-electron chi connectivity index (χ0n) is 14.2. The lowest BCUT2D eigenvalue weighted by atomic mass is 9.96. The van der Waals surface area contributed by atoms with Crippen molar-refractivity contribution in [1.29, 1.82) is 0 Å². The van der Waals surface area contributed by atoms with Gasteiger partial charge in [-0.05, 0) is 35.7 Å². The normalized spacial score (nSPS) is 18.1. The molecule has 0 aliphatic carbocycles. The molecule has 1 heterocycles. The van der Waals surface area contributed by atoms with Gasteiger partial charge in [-0.2, -0.15) is 0 Å². The largest absolute Gasteiger partial charge is 0.457 e. The van der Waals surface area contributed by atoms with Gasteiger partial charge in [0.25, 0.3) is 0 Å². The van der Waals surface area contributed by atoms with E-state index in [1.165, 1.54) is 0 Å². The van der Waals surface area contributed by atoms with Crippen molar-refractivity contribution in [2.45, 2.75) is 13.0 Å². The van der Waals surface area contributed by atoms with Crippen LogP contribution in [0.3, 0.4) is 0 Å². The van der Waals surface area contributed by atoms with E-state index in [2.05, 4.69) is 17.1 Å². The van der Waals surface area contributed by atoms with E-state index in [9.17, 15) is 5.11 Å². The molecule has 0 spiro atoms. The second-order valence-corrected chi connectivity index (χ2v) is 6.46. The lowest BCUT2D eigenvalue weighted by Crippen LogP contribution is -2.45. The maximum absolute atomic E-state index is 10.6. The molecule has 0 amide bonds. The molecule has 2 unspecified atom stereocenters. The Bertz CT molecular complexity index is 609. The number of aliphatic hydroxyl groups is 1. The maximum Gasteiger partial charge on any atom is 0.127 e. The second-order valence-electron chi connectivity index (χ2n) is 6.46. The van der Waals surface area contributed by atoms with Gasteiger partial charge in [0, 0.05) is 32.7 Å². The van der Waals surface area contributed by atoms with Crippen LogP contribution in [0, 0.1) is 5.92 Å². The van der Waals surface area contributed by atoms with Crippen LogP contribution in [0.2, 0.25) is 0 Å². The average molecular weight is 326 g/mol. The van der Waals surface area contributed by atoms with Crippen LogP contribution in [0.25, 0.3) is 0 Å². The molecule has 0 bridgehead atoms. The van der Waals surface area contributed by atoms with Gasteiger partial charge >= 0.3 is 0 Å². The van der Waals surface area contributed by atoms with Gasteiger partial charge in [-0.1, -0.05) is 37.3 Å². The number of hydrogen-bond acceptors (Lipinski definition) is 4. The van der Waals surface area contributed by atoms with Crippen LogP contribution in [0.5, 0.6) is 11.5 Å². The lowest BCUT2D eigenvalue weighted by molar-refractivity contribution is 0.0842. The Morgan fingerprint density at radius 1 is 1.00 bits per heavy atom. The SMILES string of the molecule is CC(CN1CCNCC1)C(O)c1ccc(Oc2ccccc2)cc1. The maximum atomic E-state index is 10.6. The predicted molar refractivity (Wildman–Crippen MR) is 96.4 cm³/mol. The van der Waals surface area contributed by atoms with Crippen LogP contribution in [0.4, 0.5) is 0 Å². The summed E-state index contributed by atoms with van der Waals surface area (Å²) in [6.07, 6.45) is -0.453. The number of hydrogen-bond donors (Lipinski definition) is 2. The molecule has 3 rings (SSSR count). The Hall–Kier alpha value is -1.88. The summed E-state index contributed by atoms with van der Waals surface area (Å²) in [4.78, 5) is 2.41. The summed E-state index contributed by atoms with van der Waals surface area (Å²) < 4.78 is 5.80. The number of benzene rings is 2. The van der Waals surface area contributed by atoms with Gasteiger partial charge in [0.05, 0.1) is 6.10 Å². The van der Waals surface area contributed by atoms with Crippen LogP contribution in [-0.4, -0.2) is 42.7 Å². The summed E-state index contributed by atoms with van der Waals surface area (Å²) in [5.74, 6) is 1.80. The topological polar surface area (TPSA) is 44.7 Å². The van der Waals surface area contributed by atoms with Crippen molar-refractivity contribution in [3.63, 3.8) is 0 Å². The van der Waals surface area contributed by atoms with E-state index >= 15 is 0 Å². The van der Waals surface area contributed by atoms with E-state index < -0.39 is 6.10 Å². The number of para-hydroxylation sites is 1. The molecule has 0 saturated carbocycles. The molecule has 2 N–H and O–H groups in total. The van der Waals surface area contributed by atoms with Crippen molar-refractivity contribution in [2.75, 3.05) is 32.7 Å². The standard InChI is InChI=1S/C20H26N2O2/c1-16(15-22-13-11-21-12-14-22)20(23)17-7-9-19(10-8-17)24-18-5-3-2-4-6-18/h2-10,16,20-21,23H,11-15H2,1H3. The van der Waals surface area contributed by atoms with E-state index in [0.29, 0.717) is 0 Å². The predicted octanol–water partition coefficient (Wildman–Crippen LogP) is 3.05. The van der Waals surface area contributed by atoms with Gasteiger partial charge < -0.3 is 20.1 Å². The first-order valence-electron chi connectivity index (χ1n) is 8.66. The quantitative estimate of drug-likeness (QED) is 0.856. The molecule has 1 saturated heterocycles. The van der Waals surface area contributed by atoms with E-state index in [1.54, 1.807) is 0 Å². The van der Waals surface area contributed by atoms with Crippen molar-refractivity contribution in [3.8, 4) is 11.5 Å². The lowest BCUT2D eigenvalue weighted by Gasteiger charge is -2.31. The molecule has 4 nitrogen and oxygen atoms in total. The Labute approximate surface area is 144 Å². The molecular formula is C20H26N2O2. The Balaban J connectivity index is 1.57. The third-order valence-corrected chi connectivity index (χ3v) is 4.50. The van der Waals surface area contributed by atoms with E-state index in [4.69, 9.17) is 4.74 Å². The van der Waals surface area contributed by atoms with Gasteiger partial charge in [0.15, 0.2) is 0 Å². The molecule has 1 aliphatic heterocycles. The number of ether oxygens (including phenoxy) is 1. The summed E-state index contributed by atoms with van der Waals surface area (Å²) in [6, 6.07) is 17.5. The van der Waals surface area contributed by atoms with Gasteiger partial charge in [-0.25, -0.2) is 0 Å². The summed E-state index contributed by atoms with van der Waals surface area (Å²) >= 11 is 0. The van der Waals surface area contributed by atoms with Crippen molar-refractivity contribution in [2.24, 2.45) is 5.92 Å². The Morgan fingerprint density at radius 2 is 1.62 bits per heavy atom. The minimum atomic E-state index is -0.453. The molecule has 2 aromatic rings. The molecule has 0 radical (unpaired) electrons. The minimum absolute atomic E-state index is 0.198. The third kappa shape index (κ3) is 4.57. The van der Waals surface area contributed by atoms with Crippen molar-refractivity contribution >= 4 is 0 Å². The van der Waals surface area contributed by atoms with Crippen molar-refractivity contribution < 1.29 is 9.84 Å². The third-order valence-electron chi connectivity index (χ3n) is 4.50. The molecule has 2 atom stereocenters. The highest BCUT2D eigenvalue weighted by Gasteiger charge is 2.20. The van der Waals surface area contributed by atoms with Crippen LogP contribution in [-0.2, 0) is 0 Å². The smallest absolute Gasteiger partial charge is 0.127 e. The molecule has 2 aromatic carbocycles. The number of nitrogens with one attached hydrogen (secondary N) is 1. The first-order valence-corrected chi connectivity index (χ1v) is 8.66. The first-order chi connectivity index (χ1) is 11.7. The van der Waals surface area contributed by atoms with E-state index in [0.717, 1.165) is 49.8 Å². The first kappa shape index (κ1) is 17.0. The fourth-order valence-electron chi connectivity index (χ4n) is 3.09. The van der Waals surface area contributed by atoms with E-state index in [1.807, 2.05) is 54.6 Å². The average Bonchev–Trinajstić information content (AvgIpc) is 2.63. The molecule has 4 heteroatoms. The highest BCUT2D eigenvalue weighted by atomic mass is 16.5. The highest BCUT2D eigenvalue weighted by Crippen LogP contribution is 2.27. The monoisotopic (exact) mass is 326 g/mol. The van der Waals surface area contributed by atoms with Crippen LogP contribution < -0.4 is 10.1 Å². The zero-order valence-corrected chi connectivity index (χ0v) is 14.2. The van der Waals surface area contributed by atoms with Gasteiger partial charge in [0.2, 0.25) is 0 Å². The van der Waals surface area contributed by atoms with Crippen molar-refractivity contribution in [1.82, 2.24) is 10.2 Å². The molecule has 128 valence electrons. The van der Waals surface area contributed by atoms with Crippen LogP contribution in [0.1, 0.15) is 18.6 Å². The number of aliphatic hydroxyl groups excluding tert-OH is 1. The Kier molecular flexibility index (Phi) is 5.86.